The standard InChI is InChI=1S/C18H23NO5/c1-2-21-13-6-7-24-18(10-13)11-19(12-18)17(20)14-4-3-5-15-16(14)23-9-8-22-15/h3-5,13H,2,6-12H2,1H3. The van der Waals surface area contributed by atoms with Crippen LogP contribution in [-0.4, -0.2) is 62.0 Å². The Kier molecular flexibility index (Phi) is 4.10. The molecule has 2 fully saturated rings. The van der Waals surface area contributed by atoms with Gasteiger partial charge in [0.15, 0.2) is 11.5 Å². The summed E-state index contributed by atoms with van der Waals surface area (Å²) in [6.07, 6.45) is 2.03. The molecule has 24 heavy (non-hydrogen) atoms. The molecule has 6 nitrogen and oxygen atoms in total. The first-order valence-corrected chi connectivity index (χ1v) is 8.64. The van der Waals surface area contributed by atoms with Crippen molar-refractivity contribution in [1.82, 2.24) is 4.90 Å². The monoisotopic (exact) mass is 333 g/mol. The zero-order valence-electron chi connectivity index (χ0n) is 14.0. The summed E-state index contributed by atoms with van der Waals surface area (Å²) >= 11 is 0. The number of ether oxygens (including phenoxy) is 4. The predicted octanol–water partition coefficient (Wildman–Crippen LogP) is 1.87. The lowest BCUT2D eigenvalue weighted by molar-refractivity contribution is -0.185. The SMILES string of the molecule is CCOC1CCOC2(C1)CN(C(=O)c1cccc3c1OCCO3)C2. The van der Waals surface area contributed by atoms with Crippen molar-refractivity contribution in [2.45, 2.75) is 31.5 Å². The maximum absolute atomic E-state index is 12.8. The second-order valence-corrected chi connectivity index (χ2v) is 6.59. The van der Waals surface area contributed by atoms with E-state index in [1.54, 1.807) is 6.07 Å². The minimum absolute atomic E-state index is 0.0230. The van der Waals surface area contributed by atoms with Gasteiger partial charge in [-0.2, -0.15) is 0 Å². The number of nitrogens with zero attached hydrogens (tertiary/aromatic N) is 1. The van der Waals surface area contributed by atoms with Crippen LogP contribution >= 0.6 is 0 Å². The van der Waals surface area contributed by atoms with Crippen LogP contribution in [0.4, 0.5) is 0 Å². The van der Waals surface area contributed by atoms with E-state index < -0.39 is 0 Å². The second kappa shape index (κ2) is 6.26. The van der Waals surface area contributed by atoms with E-state index in [0.29, 0.717) is 50.0 Å². The Labute approximate surface area is 141 Å². The van der Waals surface area contributed by atoms with E-state index in [1.807, 2.05) is 24.0 Å². The number of hydrogen-bond donors (Lipinski definition) is 0. The van der Waals surface area contributed by atoms with Crippen molar-refractivity contribution in [2.24, 2.45) is 0 Å². The average molecular weight is 333 g/mol. The first kappa shape index (κ1) is 15.7. The highest BCUT2D eigenvalue weighted by molar-refractivity contribution is 5.98. The number of hydrogen-bond acceptors (Lipinski definition) is 5. The van der Waals surface area contributed by atoms with Gasteiger partial charge in [0.25, 0.3) is 5.91 Å². The lowest BCUT2D eigenvalue weighted by Gasteiger charge is -2.53. The minimum Gasteiger partial charge on any atom is -0.486 e. The van der Waals surface area contributed by atoms with E-state index in [1.165, 1.54) is 0 Å². The number of amides is 1. The average Bonchev–Trinajstić information content (AvgIpc) is 2.59. The highest BCUT2D eigenvalue weighted by Gasteiger charge is 2.50. The fourth-order valence-corrected chi connectivity index (χ4v) is 3.79. The second-order valence-electron chi connectivity index (χ2n) is 6.59. The molecule has 3 aliphatic heterocycles. The van der Waals surface area contributed by atoms with Gasteiger partial charge in [-0.25, -0.2) is 0 Å². The topological polar surface area (TPSA) is 57.2 Å². The van der Waals surface area contributed by atoms with Gasteiger partial charge < -0.3 is 23.8 Å². The third kappa shape index (κ3) is 2.74. The number of likely N-dealkylation sites (tertiary alicyclic amines) is 1. The summed E-state index contributed by atoms with van der Waals surface area (Å²) in [6, 6.07) is 5.46. The first-order valence-electron chi connectivity index (χ1n) is 8.64. The molecule has 0 aliphatic carbocycles. The number of para-hydroxylation sites is 1. The normalized spacial score (nSPS) is 24.5. The van der Waals surface area contributed by atoms with Gasteiger partial charge in [-0.15, -0.1) is 0 Å². The first-order chi connectivity index (χ1) is 11.7. The summed E-state index contributed by atoms with van der Waals surface area (Å²) < 4.78 is 22.9. The highest BCUT2D eigenvalue weighted by Crippen LogP contribution is 2.39. The molecule has 1 amide bonds. The van der Waals surface area contributed by atoms with Crippen molar-refractivity contribution in [1.29, 1.82) is 0 Å². The van der Waals surface area contributed by atoms with Crippen molar-refractivity contribution in [3.05, 3.63) is 23.8 Å². The molecule has 0 bridgehead atoms. The smallest absolute Gasteiger partial charge is 0.257 e. The summed E-state index contributed by atoms with van der Waals surface area (Å²) in [5.74, 6) is 1.18. The van der Waals surface area contributed by atoms with Crippen LogP contribution < -0.4 is 9.47 Å². The molecule has 0 aromatic heterocycles. The lowest BCUT2D eigenvalue weighted by atomic mass is 9.84. The van der Waals surface area contributed by atoms with Gasteiger partial charge in [0.05, 0.1) is 24.8 Å². The molecule has 1 atom stereocenters. The molecule has 0 radical (unpaired) electrons. The maximum Gasteiger partial charge on any atom is 0.257 e. The zero-order chi connectivity index (χ0) is 16.6. The number of carbonyl (C=O) groups is 1. The highest BCUT2D eigenvalue weighted by atomic mass is 16.6. The van der Waals surface area contributed by atoms with Gasteiger partial charge in [0.2, 0.25) is 0 Å². The van der Waals surface area contributed by atoms with Crippen molar-refractivity contribution in [2.75, 3.05) is 39.5 Å². The molecule has 3 heterocycles. The number of benzene rings is 1. The molecule has 6 heteroatoms. The lowest BCUT2D eigenvalue weighted by Crippen LogP contribution is -2.67. The van der Waals surface area contributed by atoms with Gasteiger partial charge >= 0.3 is 0 Å². The molecule has 130 valence electrons. The molecule has 1 aromatic rings. The predicted molar refractivity (Wildman–Crippen MR) is 86.7 cm³/mol. The number of carbonyl (C=O) groups excluding carboxylic acids is 1. The van der Waals surface area contributed by atoms with Crippen molar-refractivity contribution < 1.29 is 23.7 Å². The molecule has 1 spiro atoms. The Morgan fingerprint density at radius 3 is 2.96 bits per heavy atom. The van der Waals surface area contributed by atoms with Crippen molar-refractivity contribution in [3.63, 3.8) is 0 Å². The Balaban J connectivity index is 1.45. The Bertz CT molecular complexity index is 624. The van der Waals surface area contributed by atoms with E-state index in [2.05, 4.69) is 0 Å². The van der Waals surface area contributed by atoms with E-state index in [9.17, 15) is 4.79 Å². The van der Waals surface area contributed by atoms with Crippen LogP contribution in [0.5, 0.6) is 11.5 Å². The van der Waals surface area contributed by atoms with E-state index in [4.69, 9.17) is 18.9 Å². The summed E-state index contributed by atoms with van der Waals surface area (Å²) in [7, 11) is 0. The third-order valence-electron chi connectivity index (χ3n) is 4.89. The quantitative estimate of drug-likeness (QED) is 0.845. The molecule has 1 aromatic carbocycles. The molecule has 3 aliphatic rings. The van der Waals surface area contributed by atoms with Gasteiger partial charge in [-0.05, 0) is 25.5 Å². The molecule has 1 unspecified atom stereocenters. The molecule has 0 saturated carbocycles. The van der Waals surface area contributed by atoms with E-state index in [-0.39, 0.29) is 17.6 Å². The van der Waals surface area contributed by atoms with Crippen molar-refractivity contribution >= 4 is 5.91 Å². The molecule has 2 saturated heterocycles. The van der Waals surface area contributed by atoms with Crippen LogP contribution in [0.25, 0.3) is 0 Å². The van der Waals surface area contributed by atoms with Crippen LogP contribution in [0.1, 0.15) is 30.1 Å². The largest absolute Gasteiger partial charge is 0.486 e. The van der Waals surface area contributed by atoms with Crippen LogP contribution in [0.15, 0.2) is 18.2 Å². The summed E-state index contributed by atoms with van der Waals surface area (Å²) in [5.41, 5.74) is 0.333. The van der Waals surface area contributed by atoms with Crippen LogP contribution in [0.3, 0.4) is 0 Å². The molecule has 0 N–H and O–H groups in total. The fraction of sp³-hybridized carbons (Fsp3) is 0.611. The summed E-state index contributed by atoms with van der Waals surface area (Å²) in [5, 5.41) is 0. The van der Waals surface area contributed by atoms with Gasteiger partial charge in [-0.1, -0.05) is 6.07 Å². The summed E-state index contributed by atoms with van der Waals surface area (Å²) in [4.78, 5) is 14.7. The maximum atomic E-state index is 12.8. The minimum atomic E-state index is -0.236. The fourth-order valence-electron chi connectivity index (χ4n) is 3.79. The van der Waals surface area contributed by atoms with Crippen molar-refractivity contribution in [3.8, 4) is 11.5 Å². The summed E-state index contributed by atoms with van der Waals surface area (Å²) in [6.45, 7) is 5.64. The van der Waals surface area contributed by atoms with Gasteiger partial charge in [0, 0.05) is 19.6 Å². The number of rotatable bonds is 3. The Morgan fingerprint density at radius 2 is 2.12 bits per heavy atom. The third-order valence-corrected chi connectivity index (χ3v) is 4.89. The van der Waals surface area contributed by atoms with E-state index >= 15 is 0 Å². The van der Waals surface area contributed by atoms with Crippen LogP contribution in [0, 0.1) is 0 Å². The van der Waals surface area contributed by atoms with Gasteiger partial charge in [-0.3, -0.25) is 4.79 Å². The molecule has 4 rings (SSSR count). The molecular weight excluding hydrogens is 310 g/mol. The molecular formula is C18H23NO5. The van der Waals surface area contributed by atoms with Crippen LogP contribution in [-0.2, 0) is 9.47 Å². The van der Waals surface area contributed by atoms with Gasteiger partial charge in [0.1, 0.15) is 18.8 Å². The van der Waals surface area contributed by atoms with E-state index in [0.717, 1.165) is 19.4 Å². The van der Waals surface area contributed by atoms with Crippen LogP contribution in [0.2, 0.25) is 0 Å². The Hall–Kier alpha value is -1.79. The Morgan fingerprint density at radius 1 is 1.29 bits per heavy atom. The number of fused-ring (bicyclic) bond motifs is 1. The zero-order valence-corrected chi connectivity index (χ0v) is 14.0.